The van der Waals surface area contributed by atoms with Gasteiger partial charge in [-0.2, -0.15) is 0 Å². The molecule has 0 N–H and O–H groups in total. The molecule has 9 heteroatoms. The number of hydrogen-bond donors (Lipinski definition) is 0. The molecular weight excluding hydrogens is 370 g/mol. The fraction of sp³-hybridized carbons (Fsp3) is 0.889. The van der Waals surface area contributed by atoms with E-state index in [0.29, 0.717) is 13.2 Å². The van der Waals surface area contributed by atoms with Crippen LogP contribution in [0.25, 0.3) is 0 Å². The molecule has 2 amide bonds. The molecule has 1 saturated heterocycles. The van der Waals surface area contributed by atoms with Gasteiger partial charge in [0, 0.05) is 27.3 Å². The third-order valence-electron chi connectivity index (χ3n) is 2.54. The predicted molar refractivity (Wildman–Crippen MR) is 74.5 cm³/mol. The summed E-state index contributed by atoms with van der Waals surface area (Å²) in [4.78, 5) is 14.8. The molecule has 1 heterocycles. The SMILES string of the molecule is COCCN1C(=O)N(CCOC)C(Cl)(Br)C1(Cl)Cl. The number of ether oxygens (including phenoxy) is 2. The van der Waals surface area contributed by atoms with E-state index in [1.54, 1.807) is 0 Å². The Balaban J connectivity index is 2.92. The van der Waals surface area contributed by atoms with Gasteiger partial charge in [0.2, 0.25) is 8.36 Å². The Bertz CT molecular complexity index is 289. The molecule has 0 aromatic rings. The second-order valence-electron chi connectivity index (χ2n) is 3.65. The molecule has 0 aromatic carbocycles. The van der Waals surface area contributed by atoms with Crippen LogP contribution in [0, 0.1) is 0 Å². The Labute approximate surface area is 129 Å². The molecule has 0 spiro atoms. The molecule has 0 aliphatic carbocycles. The van der Waals surface area contributed by atoms with Crippen LogP contribution in [0.5, 0.6) is 0 Å². The lowest BCUT2D eigenvalue weighted by molar-refractivity contribution is 0.139. The Hall–Kier alpha value is 0.540. The zero-order valence-electron chi connectivity index (χ0n) is 9.96. The molecule has 0 saturated carbocycles. The van der Waals surface area contributed by atoms with Crippen LogP contribution in [0.1, 0.15) is 0 Å². The van der Waals surface area contributed by atoms with Crippen LogP contribution in [0.15, 0.2) is 0 Å². The van der Waals surface area contributed by atoms with Crippen molar-refractivity contribution in [2.75, 3.05) is 40.5 Å². The largest absolute Gasteiger partial charge is 0.383 e. The third kappa shape index (κ3) is 2.83. The zero-order valence-corrected chi connectivity index (χ0v) is 13.8. The van der Waals surface area contributed by atoms with Gasteiger partial charge in [0.1, 0.15) is 0 Å². The van der Waals surface area contributed by atoms with E-state index in [2.05, 4.69) is 15.9 Å². The first-order chi connectivity index (χ1) is 8.30. The number of carbonyl (C=O) groups excluding carboxylic acids is 1. The van der Waals surface area contributed by atoms with Crippen molar-refractivity contribution >= 4 is 56.8 Å². The minimum absolute atomic E-state index is 0.242. The van der Waals surface area contributed by atoms with E-state index in [1.807, 2.05) is 0 Å². The summed E-state index contributed by atoms with van der Waals surface area (Å²) < 4.78 is 6.83. The second kappa shape index (κ2) is 6.33. The van der Waals surface area contributed by atoms with E-state index in [-0.39, 0.29) is 19.1 Å². The normalized spacial score (nSPS) is 27.1. The van der Waals surface area contributed by atoms with Gasteiger partial charge in [-0.05, 0) is 15.9 Å². The third-order valence-corrected chi connectivity index (χ3v) is 5.62. The fourth-order valence-corrected chi connectivity index (χ4v) is 2.87. The van der Waals surface area contributed by atoms with Gasteiger partial charge in [-0.3, -0.25) is 9.80 Å². The topological polar surface area (TPSA) is 42.0 Å². The number of urea groups is 1. The first kappa shape index (κ1) is 16.6. The molecule has 0 aromatic heterocycles. The highest BCUT2D eigenvalue weighted by molar-refractivity contribution is 9.10. The lowest BCUT2D eigenvalue weighted by Gasteiger charge is -2.32. The van der Waals surface area contributed by atoms with Gasteiger partial charge >= 0.3 is 6.03 Å². The first-order valence-electron chi connectivity index (χ1n) is 5.13. The van der Waals surface area contributed by atoms with Crippen molar-refractivity contribution in [3.8, 4) is 0 Å². The number of halogens is 4. The molecule has 1 aliphatic heterocycles. The Kier molecular flexibility index (Phi) is 5.83. The summed E-state index contributed by atoms with van der Waals surface area (Å²) in [6.45, 7) is 1.15. The minimum Gasteiger partial charge on any atom is -0.383 e. The van der Waals surface area contributed by atoms with Gasteiger partial charge in [-0.25, -0.2) is 4.79 Å². The van der Waals surface area contributed by atoms with Gasteiger partial charge in [0.15, 0.2) is 0 Å². The number of hydrogen-bond acceptors (Lipinski definition) is 3. The number of rotatable bonds is 6. The average molecular weight is 384 g/mol. The molecule has 5 nitrogen and oxygen atoms in total. The van der Waals surface area contributed by atoms with Crippen molar-refractivity contribution in [3.05, 3.63) is 0 Å². The van der Waals surface area contributed by atoms with Crippen molar-refractivity contribution < 1.29 is 14.3 Å². The Morgan fingerprint density at radius 2 is 1.56 bits per heavy atom. The number of amides is 2. The molecule has 1 fully saturated rings. The van der Waals surface area contributed by atoms with Crippen LogP contribution in [0.2, 0.25) is 0 Å². The smallest absolute Gasteiger partial charge is 0.324 e. The highest BCUT2D eigenvalue weighted by Crippen LogP contribution is 2.53. The first-order valence-corrected chi connectivity index (χ1v) is 7.06. The van der Waals surface area contributed by atoms with Crippen LogP contribution in [0.3, 0.4) is 0 Å². The molecule has 1 aliphatic rings. The van der Waals surface area contributed by atoms with Crippen LogP contribution in [-0.4, -0.2) is 64.7 Å². The minimum atomic E-state index is -1.60. The van der Waals surface area contributed by atoms with Gasteiger partial charge < -0.3 is 9.47 Å². The molecule has 1 rings (SSSR count). The molecule has 0 radical (unpaired) electrons. The number of carbonyl (C=O) groups is 1. The summed E-state index contributed by atoms with van der Waals surface area (Å²) in [5, 5.41) is 0. The summed E-state index contributed by atoms with van der Waals surface area (Å²) in [5.41, 5.74) is 0. The van der Waals surface area contributed by atoms with Crippen molar-refractivity contribution in [1.29, 1.82) is 0 Å². The maximum absolute atomic E-state index is 12.2. The van der Waals surface area contributed by atoms with Crippen molar-refractivity contribution in [2.45, 2.75) is 8.36 Å². The summed E-state index contributed by atoms with van der Waals surface area (Å²) in [5.74, 6) is 0. The average Bonchev–Trinajstić information content (AvgIpc) is 2.40. The van der Waals surface area contributed by atoms with Crippen LogP contribution < -0.4 is 0 Å². The lowest BCUT2D eigenvalue weighted by atomic mass is 10.5. The van der Waals surface area contributed by atoms with E-state index in [9.17, 15) is 4.79 Å². The molecule has 1 atom stereocenters. The van der Waals surface area contributed by atoms with E-state index in [4.69, 9.17) is 44.3 Å². The van der Waals surface area contributed by atoms with Gasteiger partial charge in [0.05, 0.1) is 13.2 Å². The lowest BCUT2D eigenvalue weighted by Crippen LogP contribution is -2.47. The molecule has 106 valence electrons. The second-order valence-corrected chi connectivity index (χ2v) is 7.09. The van der Waals surface area contributed by atoms with Crippen LogP contribution in [0.4, 0.5) is 4.79 Å². The maximum atomic E-state index is 12.2. The van der Waals surface area contributed by atoms with E-state index < -0.39 is 8.36 Å². The van der Waals surface area contributed by atoms with E-state index in [0.717, 1.165) is 0 Å². The van der Waals surface area contributed by atoms with Crippen LogP contribution in [-0.2, 0) is 9.47 Å². The zero-order chi connectivity index (χ0) is 14.0. The summed E-state index contributed by atoms with van der Waals surface area (Å²) >= 11 is 21.8. The van der Waals surface area contributed by atoms with Crippen molar-refractivity contribution in [3.63, 3.8) is 0 Å². The highest BCUT2D eigenvalue weighted by Gasteiger charge is 2.64. The maximum Gasteiger partial charge on any atom is 0.324 e. The molecule has 1 unspecified atom stereocenters. The number of alkyl halides is 4. The quantitative estimate of drug-likeness (QED) is 0.522. The highest BCUT2D eigenvalue weighted by atomic mass is 79.9. The summed E-state index contributed by atoms with van der Waals surface area (Å²) in [6.07, 6.45) is 0. The van der Waals surface area contributed by atoms with Gasteiger partial charge in [-0.1, -0.05) is 34.8 Å². The predicted octanol–water partition coefficient (Wildman–Crippen LogP) is 2.44. The van der Waals surface area contributed by atoms with Gasteiger partial charge in [0.25, 0.3) is 0 Å². The van der Waals surface area contributed by atoms with Crippen molar-refractivity contribution in [1.82, 2.24) is 9.80 Å². The van der Waals surface area contributed by atoms with E-state index >= 15 is 0 Å². The summed E-state index contributed by atoms with van der Waals surface area (Å²) in [7, 11) is 3.05. The van der Waals surface area contributed by atoms with Gasteiger partial charge in [-0.15, -0.1) is 0 Å². The Morgan fingerprint density at radius 1 is 1.11 bits per heavy atom. The number of nitrogens with zero attached hydrogens (tertiary/aromatic N) is 2. The Morgan fingerprint density at radius 3 is 2.00 bits per heavy atom. The molecule has 0 bridgehead atoms. The molecule has 18 heavy (non-hydrogen) atoms. The van der Waals surface area contributed by atoms with Crippen LogP contribution >= 0.6 is 50.7 Å². The van der Waals surface area contributed by atoms with E-state index in [1.165, 1.54) is 24.0 Å². The fourth-order valence-electron chi connectivity index (χ4n) is 1.55. The van der Waals surface area contributed by atoms with Crippen molar-refractivity contribution in [2.24, 2.45) is 0 Å². The number of methoxy groups -OCH3 is 2. The standard InChI is InChI=1S/C9H14BrCl3N2O3/c1-17-5-3-14-7(16)15(4-6-18-2)9(12,13)8(14,10)11/h3-6H2,1-2H3. The summed E-state index contributed by atoms with van der Waals surface area (Å²) in [6, 6.07) is -0.374. The molecular formula is C9H14BrCl3N2O3. The monoisotopic (exact) mass is 382 g/mol.